The topological polar surface area (TPSA) is 52.9 Å². The Hall–Kier alpha value is -2.60. The molecule has 0 fully saturated rings. The highest BCUT2D eigenvalue weighted by Gasteiger charge is 2.08. The van der Waals surface area contributed by atoms with E-state index in [1.54, 1.807) is 24.3 Å². The molecule has 0 saturated heterocycles. The van der Waals surface area contributed by atoms with Gasteiger partial charge in [-0.05, 0) is 55.3 Å². The minimum Gasteiger partial charge on any atom is -0.322 e. The van der Waals surface area contributed by atoms with Crippen LogP contribution in [-0.4, -0.2) is 5.91 Å². The number of rotatable bonds is 2. The van der Waals surface area contributed by atoms with Crippen LogP contribution in [-0.2, 0) is 0 Å². The van der Waals surface area contributed by atoms with Gasteiger partial charge < -0.3 is 5.32 Å². The number of anilines is 1. The summed E-state index contributed by atoms with van der Waals surface area (Å²) < 4.78 is 0. The number of benzene rings is 2. The average molecular weight is 250 g/mol. The highest BCUT2D eigenvalue weighted by molar-refractivity contribution is 6.04. The van der Waals surface area contributed by atoms with E-state index < -0.39 is 0 Å². The molecule has 2 rings (SSSR count). The molecule has 0 aromatic heterocycles. The van der Waals surface area contributed by atoms with Gasteiger partial charge >= 0.3 is 0 Å². The van der Waals surface area contributed by atoms with Gasteiger partial charge in [-0.2, -0.15) is 5.26 Å². The Balaban J connectivity index is 2.21. The first-order chi connectivity index (χ1) is 9.11. The van der Waals surface area contributed by atoms with Crippen molar-refractivity contribution in [2.45, 2.75) is 13.8 Å². The number of hydrogen-bond donors (Lipinski definition) is 1. The summed E-state index contributed by atoms with van der Waals surface area (Å²) in [7, 11) is 0. The molecule has 0 saturated carbocycles. The van der Waals surface area contributed by atoms with Crippen LogP contribution in [0.3, 0.4) is 0 Å². The van der Waals surface area contributed by atoms with Gasteiger partial charge in [0.15, 0.2) is 0 Å². The molecule has 2 aromatic rings. The third-order valence-corrected chi connectivity index (χ3v) is 3.13. The molecule has 0 aliphatic carbocycles. The van der Waals surface area contributed by atoms with Crippen molar-refractivity contribution in [2.24, 2.45) is 0 Å². The van der Waals surface area contributed by atoms with Gasteiger partial charge in [-0.25, -0.2) is 0 Å². The first-order valence-electron chi connectivity index (χ1n) is 5.99. The number of amides is 1. The Labute approximate surface area is 112 Å². The summed E-state index contributed by atoms with van der Waals surface area (Å²) in [6.45, 7) is 3.98. The monoisotopic (exact) mass is 250 g/mol. The van der Waals surface area contributed by atoms with E-state index in [2.05, 4.69) is 5.32 Å². The number of nitrogens with zero attached hydrogens (tertiary/aromatic N) is 1. The van der Waals surface area contributed by atoms with E-state index in [0.717, 1.165) is 16.8 Å². The van der Waals surface area contributed by atoms with Crippen LogP contribution in [0.2, 0.25) is 0 Å². The maximum atomic E-state index is 12.1. The van der Waals surface area contributed by atoms with Crippen LogP contribution >= 0.6 is 0 Å². The van der Waals surface area contributed by atoms with Crippen LogP contribution in [0.1, 0.15) is 27.0 Å². The smallest absolute Gasteiger partial charge is 0.255 e. The second kappa shape index (κ2) is 5.36. The average Bonchev–Trinajstić information content (AvgIpc) is 2.44. The number of carbonyl (C=O) groups excluding carboxylic acids is 1. The van der Waals surface area contributed by atoms with Gasteiger partial charge in [0.25, 0.3) is 5.91 Å². The fraction of sp³-hybridized carbons (Fsp3) is 0.125. The van der Waals surface area contributed by atoms with Crippen molar-refractivity contribution in [3.63, 3.8) is 0 Å². The molecule has 0 unspecified atom stereocenters. The Morgan fingerprint density at radius 3 is 2.42 bits per heavy atom. The van der Waals surface area contributed by atoms with E-state index in [9.17, 15) is 4.79 Å². The van der Waals surface area contributed by atoms with Crippen molar-refractivity contribution in [1.29, 1.82) is 5.26 Å². The molecule has 19 heavy (non-hydrogen) atoms. The molecule has 2 aromatic carbocycles. The second-order valence-corrected chi connectivity index (χ2v) is 4.39. The van der Waals surface area contributed by atoms with Crippen LogP contribution < -0.4 is 5.32 Å². The van der Waals surface area contributed by atoms with Crippen LogP contribution in [0.25, 0.3) is 0 Å². The lowest BCUT2D eigenvalue weighted by Crippen LogP contribution is -2.12. The molecule has 0 bridgehead atoms. The SMILES string of the molecule is Cc1cccc(NC(=O)c2ccc(C#N)cc2)c1C. The highest BCUT2D eigenvalue weighted by Crippen LogP contribution is 2.18. The Morgan fingerprint density at radius 1 is 1.11 bits per heavy atom. The summed E-state index contributed by atoms with van der Waals surface area (Å²) in [6, 6.07) is 14.4. The van der Waals surface area contributed by atoms with Gasteiger partial charge in [-0.1, -0.05) is 12.1 Å². The summed E-state index contributed by atoms with van der Waals surface area (Å²) in [4.78, 5) is 12.1. The minimum absolute atomic E-state index is 0.168. The number of carbonyl (C=O) groups is 1. The van der Waals surface area contributed by atoms with Crippen molar-refractivity contribution in [1.82, 2.24) is 0 Å². The maximum Gasteiger partial charge on any atom is 0.255 e. The predicted molar refractivity (Wildman–Crippen MR) is 75.0 cm³/mol. The van der Waals surface area contributed by atoms with Crippen molar-refractivity contribution < 1.29 is 4.79 Å². The molecule has 0 radical (unpaired) electrons. The minimum atomic E-state index is -0.168. The Kier molecular flexibility index (Phi) is 3.63. The zero-order chi connectivity index (χ0) is 13.8. The number of hydrogen-bond acceptors (Lipinski definition) is 2. The molecule has 0 atom stereocenters. The lowest BCUT2D eigenvalue weighted by molar-refractivity contribution is 0.102. The summed E-state index contributed by atoms with van der Waals surface area (Å²) in [6.07, 6.45) is 0. The van der Waals surface area contributed by atoms with E-state index in [0.29, 0.717) is 11.1 Å². The van der Waals surface area contributed by atoms with Gasteiger partial charge in [-0.15, -0.1) is 0 Å². The molecular formula is C16H14N2O. The summed E-state index contributed by atoms with van der Waals surface area (Å²) in [5.41, 5.74) is 4.10. The Bertz CT molecular complexity index is 651. The standard InChI is InChI=1S/C16H14N2O/c1-11-4-3-5-15(12(11)2)18-16(19)14-8-6-13(10-17)7-9-14/h3-9H,1-2H3,(H,18,19). The summed E-state index contributed by atoms with van der Waals surface area (Å²) in [5.74, 6) is -0.168. The van der Waals surface area contributed by atoms with E-state index >= 15 is 0 Å². The van der Waals surface area contributed by atoms with Crippen molar-refractivity contribution in [2.75, 3.05) is 5.32 Å². The molecule has 3 heteroatoms. The van der Waals surface area contributed by atoms with Gasteiger partial charge in [0.1, 0.15) is 0 Å². The van der Waals surface area contributed by atoms with E-state index in [-0.39, 0.29) is 5.91 Å². The molecule has 0 spiro atoms. The van der Waals surface area contributed by atoms with E-state index in [4.69, 9.17) is 5.26 Å². The van der Waals surface area contributed by atoms with Gasteiger partial charge in [-0.3, -0.25) is 4.79 Å². The number of nitrogens with one attached hydrogen (secondary N) is 1. The summed E-state index contributed by atoms with van der Waals surface area (Å²) >= 11 is 0. The molecule has 94 valence electrons. The van der Waals surface area contributed by atoms with Crippen LogP contribution in [0, 0.1) is 25.2 Å². The largest absolute Gasteiger partial charge is 0.322 e. The highest BCUT2D eigenvalue weighted by atomic mass is 16.1. The zero-order valence-electron chi connectivity index (χ0n) is 10.9. The van der Waals surface area contributed by atoms with Crippen LogP contribution in [0.15, 0.2) is 42.5 Å². The first-order valence-corrected chi connectivity index (χ1v) is 5.99. The lowest BCUT2D eigenvalue weighted by atomic mass is 10.1. The van der Waals surface area contributed by atoms with Gasteiger partial charge in [0.2, 0.25) is 0 Å². The molecule has 1 N–H and O–H groups in total. The number of aryl methyl sites for hydroxylation is 1. The van der Waals surface area contributed by atoms with Crippen LogP contribution in [0.5, 0.6) is 0 Å². The lowest BCUT2D eigenvalue weighted by Gasteiger charge is -2.10. The van der Waals surface area contributed by atoms with Gasteiger partial charge in [0, 0.05) is 11.3 Å². The third-order valence-electron chi connectivity index (χ3n) is 3.13. The normalized spacial score (nSPS) is 9.74. The fourth-order valence-electron chi connectivity index (χ4n) is 1.78. The third kappa shape index (κ3) is 2.80. The van der Waals surface area contributed by atoms with E-state index in [1.807, 2.05) is 38.1 Å². The fourth-order valence-corrected chi connectivity index (χ4v) is 1.78. The zero-order valence-corrected chi connectivity index (χ0v) is 10.9. The molecule has 3 nitrogen and oxygen atoms in total. The number of nitriles is 1. The maximum absolute atomic E-state index is 12.1. The first kappa shape index (κ1) is 12.8. The van der Waals surface area contributed by atoms with Gasteiger partial charge in [0.05, 0.1) is 11.6 Å². The van der Waals surface area contributed by atoms with Crippen molar-refractivity contribution in [3.8, 4) is 6.07 Å². The summed E-state index contributed by atoms with van der Waals surface area (Å²) in [5, 5.41) is 11.6. The van der Waals surface area contributed by atoms with Crippen molar-refractivity contribution in [3.05, 3.63) is 64.7 Å². The molecule has 0 heterocycles. The quantitative estimate of drug-likeness (QED) is 0.887. The van der Waals surface area contributed by atoms with Crippen LogP contribution in [0.4, 0.5) is 5.69 Å². The second-order valence-electron chi connectivity index (χ2n) is 4.39. The Morgan fingerprint density at radius 2 is 1.79 bits per heavy atom. The molecule has 0 aliphatic heterocycles. The molecule has 0 aliphatic rings. The molecule has 1 amide bonds. The molecular weight excluding hydrogens is 236 g/mol. The van der Waals surface area contributed by atoms with E-state index in [1.165, 1.54) is 0 Å². The predicted octanol–water partition coefficient (Wildman–Crippen LogP) is 3.43. The van der Waals surface area contributed by atoms with Crippen molar-refractivity contribution >= 4 is 11.6 Å².